The van der Waals surface area contributed by atoms with Gasteiger partial charge in [-0.3, -0.25) is 4.79 Å². The van der Waals surface area contributed by atoms with Crippen LogP contribution in [0.3, 0.4) is 0 Å². The zero-order valence-electron chi connectivity index (χ0n) is 10.1. The highest BCUT2D eigenvalue weighted by Gasteiger charge is 2.19. The van der Waals surface area contributed by atoms with Crippen LogP contribution in [0, 0.1) is 0 Å². The van der Waals surface area contributed by atoms with E-state index in [1.807, 2.05) is 13.8 Å². The molecule has 0 atom stereocenters. The minimum Gasteiger partial charge on any atom is -0.353 e. The summed E-state index contributed by atoms with van der Waals surface area (Å²) in [6.45, 7) is 10.8. The molecule has 0 aromatic carbocycles. The SMILES string of the molecule is CCC(C)(CC)NCC(=O)NC(C)C. The van der Waals surface area contributed by atoms with Crippen molar-refractivity contribution in [3.63, 3.8) is 0 Å². The normalized spacial score (nSPS) is 11.9. The molecule has 0 spiro atoms. The van der Waals surface area contributed by atoms with Crippen LogP contribution in [0.5, 0.6) is 0 Å². The Kier molecular flexibility index (Phi) is 5.77. The number of carbonyl (C=O) groups is 1. The molecule has 0 aromatic heterocycles. The standard InChI is InChI=1S/C11H24N2O/c1-6-11(5,7-2)12-8-10(14)13-9(3)4/h9,12H,6-8H2,1-5H3,(H,13,14). The summed E-state index contributed by atoms with van der Waals surface area (Å²) < 4.78 is 0. The van der Waals surface area contributed by atoms with E-state index in [0.717, 1.165) is 12.8 Å². The zero-order chi connectivity index (χ0) is 11.2. The van der Waals surface area contributed by atoms with Crippen LogP contribution in [-0.4, -0.2) is 24.0 Å². The summed E-state index contributed by atoms with van der Waals surface area (Å²) in [6, 6.07) is 0.221. The van der Waals surface area contributed by atoms with Gasteiger partial charge >= 0.3 is 0 Å². The molecule has 0 saturated carbocycles. The number of hydrogen-bond donors (Lipinski definition) is 2. The van der Waals surface area contributed by atoms with Crippen molar-refractivity contribution in [2.45, 2.75) is 59.0 Å². The molecule has 84 valence electrons. The third-order valence-electron chi connectivity index (χ3n) is 2.69. The van der Waals surface area contributed by atoms with E-state index in [9.17, 15) is 4.79 Å². The van der Waals surface area contributed by atoms with E-state index in [-0.39, 0.29) is 17.5 Å². The Morgan fingerprint density at radius 1 is 1.29 bits per heavy atom. The molecule has 1 amide bonds. The summed E-state index contributed by atoms with van der Waals surface area (Å²) in [7, 11) is 0. The van der Waals surface area contributed by atoms with Gasteiger partial charge in [0.1, 0.15) is 0 Å². The average Bonchev–Trinajstić information content (AvgIpc) is 2.13. The molecular formula is C11H24N2O. The Balaban J connectivity index is 3.86. The lowest BCUT2D eigenvalue weighted by molar-refractivity contribution is -0.121. The zero-order valence-corrected chi connectivity index (χ0v) is 10.1. The van der Waals surface area contributed by atoms with Crippen molar-refractivity contribution in [2.24, 2.45) is 0 Å². The number of hydrogen-bond acceptors (Lipinski definition) is 2. The summed E-state index contributed by atoms with van der Waals surface area (Å²) >= 11 is 0. The Morgan fingerprint density at radius 3 is 2.14 bits per heavy atom. The molecule has 0 bridgehead atoms. The quantitative estimate of drug-likeness (QED) is 0.685. The van der Waals surface area contributed by atoms with Crippen molar-refractivity contribution in [3.8, 4) is 0 Å². The maximum Gasteiger partial charge on any atom is 0.234 e. The van der Waals surface area contributed by atoms with Crippen molar-refractivity contribution >= 4 is 5.91 Å². The number of rotatable bonds is 6. The summed E-state index contributed by atoms with van der Waals surface area (Å²) in [5.41, 5.74) is 0.0916. The van der Waals surface area contributed by atoms with Crippen molar-refractivity contribution in [3.05, 3.63) is 0 Å². The first kappa shape index (κ1) is 13.4. The molecule has 0 saturated heterocycles. The van der Waals surface area contributed by atoms with E-state index in [0.29, 0.717) is 6.54 Å². The molecule has 0 aromatic rings. The first-order valence-corrected chi connectivity index (χ1v) is 5.48. The second-order valence-corrected chi connectivity index (χ2v) is 4.34. The molecule has 0 unspecified atom stereocenters. The fraction of sp³-hybridized carbons (Fsp3) is 0.909. The summed E-state index contributed by atoms with van der Waals surface area (Å²) in [6.07, 6.45) is 2.08. The van der Waals surface area contributed by atoms with Gasteiger partial charge in [0.05, 0.1) is 6.54 Å². The first-order valence-electron chi connectivity index (χ1n) is 5.48. The van der Waals surface area contributed by atoms with Gasteiger partial charge < -0.3 is 10.6 Å². The molecule has 2 N–H and O–H groups in total. The monoisotopic (exact) mass is 200 g/mol. The van der Waals surface area contributed by atoms with Gasteiger partial charge in [0.25, 0.3) is 0 Å². The highest BCUT2D eigenvalue weighted by atomic mass is 16.1. The molecule has 3 heteroatoms. The molecule has 0 fully saturated rings. The lowest BCUT2D eigenvalue weighted by Crippen LogP contribution is -2.47. The molecular weight excluding hydrogens is 176 g/mol. The van der Waals surface area contributed by atoms with E-state index in [1.54, 1.807) is 0 Å². The molecule has 3 nitrogen and oxygen atoms in total. The fourth-order valence-corrected chi connectivity index (χ4v) is 1.17. The largest absolute Gasteiger partial charge is 0.353 e. The van der Waals surface area contributed by atoms with Gasteiger partial charge in [0.2, 0.25) is 5.91 Å². The van der Waals surface area contributed by atoms with Gasteiger partial charge in [-0.25, -0.2) is 0 Å². The van der Waals surface area contributed by atoms with Gasteiger partial charge in [-0.05, 0) is 33.6 Å². The smallest absolute Gasteiger partial charge is 0.234 e. The highest BCUT2D eigenvalue weighted by Crippen LogP contribution is 2.12. The number of carbonyl (C=O) groups excluding carboxylic acids is 1. The fourth-order valence-electron chi connectivity index (χ4n) is 1.17. The summed E-state index contributed by atoms with van der Waals surface area (Å²) in [5.74, 6) is 0.0770. The Hall–Kier alpha value is -0.570. The van der Waals surface area contributed by atoms with Crippen LogP contribution in [0.2, 0.25) is 0 Å². The van der Waals surface area contributed by atoms with Crippen molar-refractivity contribution < 1.29 is 4.79 Å². The Bertz CT molecular complexity index is 174. The minimum atomic E-state index is 0.0770. The summed E-state index contributed by atoms with van der Waals surface area (Å²) in [4.78, 5) is 11.4. The lowest BCUT2D eigenvalue weighted by Gasteiger charge is -2.28. The number of nitrogens with one attached hydrogen (secondary N) is 2. The third kappa shape index (κ3) is 5.22. The van der Waals surface area contributed by atoms with Crippen LogP contribution in [0.1, 0.15) is 47.5 Å². The molecule has 0 aliphatic heterocycles. The van der Waals surface area contributed by atoms with Crippen LogP contribution in [0.25, 0.3) is 0 Å². The van der Waals surface area contributed by atoms with E-state index in [4.69, 9.17) is 0 Å². The van der Waals surface area contributed by atoms with Crippen molar-refractivity contribution in [1.29, 1.82) is 0 Å². The molecule has 0 aliphatic rings. The van der Waals surface area contributed by atoms with E-state index >= 15 is 0 Å². The van der Waals surface area contributed by atoms with Crippen LogP contribution in [-0.2, 0) is 4.79 Å². The topological polar surface area (TPSA) is 41.1 Å². The van der Waals surface area contributed by atoms with Gasteiger partial charge in [-0.2, -0.15) is 0 Å². The van der Waals surface area contributed by atoms with Gasteiger partial charge in [0, 0.05) is 11.6 Å². The lowest BCUT2D eigenvalue weighted by atomic mass is 9.96. The highest BCUT2D eigenvalue weighted by molar-refractivity contribution is 5.78. The van der Waals surface area contributed by atoms with Gasteiger partial charge in [-0.15, -0.1) is 0 Å². The maximum atomic E-state index is 11.4. The van der Waals surface area contributed by atoms with Gasteiger partial charge in [0.15, 0.2) is 0 Å². The molecule has 0 rings (SSSR count). The van der Waals surface area contributed by atoms with E-state index in [2.05, 4.69) is 31.4 Å². The predicted octanol–water partition coefficient (Wildman–Crippen LogP) is 1.68. The molecule has 14 heavy (non-hydrogen) atoms. The van der Waals surface area contributed by atoms with E-state index < -0.39 is 0 Å². The van der Waals surface area contributed by atoms with Crippen molar-refractivity contribution in [2.75, 3.05) is 6.54 Å². The van der Waals surface area contributed by atoms with Crippen LogP contribution in [0.4, 0.5) is 0 Å². The van der Waals surface area contributed by atoms with Crippen LogP contribution in [0.15, 0.2) is 0 Å². The Labute approximate surface area is 87.6 Å². The molecule has 0 radical (unpaired) electrons. The van der Waals surface area contributed by atoms with Gasteiger partial charge in [-0.1, -0.05) is 13.8 Å². The van der Waals surface area contributed by atoms with E-state index in [1.165, 1.54) is 0 Å². The van der Waals surface area contributed by atoms with Crippen LogP contribution >= 0.6 is 0 Å². The molecule has 0 aliphatic carbocycles. The summed E-state index contributed by atoms with van der Waals surface area (Å²) in [5, 5.41) is 6.15. The van der Waals surface area contributed by atoms with Crippen LogP contribution < -0.4 is 10.6 Å². The molecule has 0 heterocycles. The van der Waals surface area contributed by atoms with Crippen molar-refractivity contribution in [1.82, 2.24) is 10.6 Å². The second kappa shape index (κ2) is 6.02. The predicted molar refractivity (Wildman–Crippen MR) is 60.3 cm³/mol. The average molecular weight is 200 g/mol. The Morgan fingerprint density at radius 2 is 1.79 bits per heavy atom. The third-order valence-corrected chi connectivity index (χ3v) is 2.69. The minimum absolute atomic E-state index is 0.0770. The second-order valence-electron chi connectivity index (χ2n) is 4.34. The first-order chi connectivity index (χ1) is 6.43. The number of amides is 1. The maximum absolute atomic E-state index is 11.4.